The molecule has 0 bridgehead atoms. The van der Waals surface area contributed by atoms with Gasteiger partial charge in [0.05, 0.1) is 25.4 Å². The highest BCUT2D eigenvalue weighted by atomic mass is 16.5. The highest BCUT2D eigenvalue weighted by molar-refractivity contribution is 5.76. The first kappa shape index (κ1) is 64.3. The van der Waals surface area contributed by atoms with Gasteiger partial charge in [0, 0.05) is 12.8 Å². The summed E-state index contributed by atoms with van der Waals surface area (Å²) < 4.78 is 5.48. The SMILES string of the molecule is CCCCCC/C=C\C/C=C\CCCCCCCC(=O)OCCCCCCCCCCCCCCCCCCCCCCCC(=O)NC(CO)C(O)CCCCCCCCCCCCCC. The molecule has 0 rings (SSSR count). The molecular weight excluding hydrogens is 815 g/mol. The standard InChI is InChI=1S/C60H115NO5/c1-3-5-7-9-11-13-15-17-18-27-30-34-38-42-46-50-54-60(65)66-55-51-47-43-39-35-31-28-25-23-21-19-20-22-24-26-29-33-37-41-45-49-53-59(64)61-57(56-62)58(63)52-48-44-40-36-32-16-14-12-10-8-6-4-2/h13,15,18,27,57-58,62-63H,3-12,14,16-17,19-26,28-56H2,1-2H3,(H,61,64)/b15-13-,27-18-. The minimum atomic E-state index is -0.664. The molecule has 1 amide bonds. The summed E-state index contributed by atoms with van der Waals surface area (Å²) in [5, 5.41) is 23.2. The molecule has 0 spiro atoms. The first-order valence-corrected chi connectivity index (χ1v) is 29.6. The van der Waals surface area contributed by atoms with Crippen molar-refractivity contribution in [3.8, 4) is 0 Å². The van der Waals surface area contributed by atoms with E-state index in [-0.39, 0.29) is 18.5 Å². The molecule has 0 heterocycles. The third-order valence-corrected chi connectivity index (χ3v) is 13.8. The second-order valence-electron chi connectivity index (χ2n) is 20.3. The van der Waals surface area contributed by atoms with E-state index in [1.807, 2.05) is 0 Å². The number of amides is 1. The van der Waals surface area contributed by atoms with E-state index in [9.17, 15) is 19.8 Å². The average molecular weight is 931 g/mol. The van der Waals surface area contributed by atoms with Crippen LogP contribution in [0.15, 0.2) is 24.3 Å². The van der Waals surface area contributed by atoms with Crippen LogP contribution in [-0.4, -0.2) is 47.4 Å². The predicted octanol–water partition coefficient (Wildman–Crippen LogP) is 18.2. The molecule has 3 N–H and O–H groups in total. The van der Waals surface area contributed by atoms with Gasteiger partial charge in [-0.1, -0.05) is 276 Å². The molecule has 390 valence electrons. The van der Waals surface area contributed by atoms with Crippen LogP contribution in [0.2, 0.25) is 0 Å². The Balaban J connectivity index is 3.37. The smallest absolute Gasteiger partial charge is 0.305 e. The molecule has 0 fully saturated rings. The zero-order valence-corrected chi connectivity index (χ0v) is 44.4. The Bertz CT molecular complexity index is 1030. The van der Waals surface area contributed by atoms with Crippen molar-refractivity contribution < 1.29 is 24.5 Å². The minimum absolute atomic E-state index is 0.00128. The highest BCUT2D eigenvalue weighted by Gasteiger charge is 2.20. The maximum atomic E-state index is 12.4. The molecule has 0 saturated carbocycles. The quantitative estimate of drug-likeness (QED) is 0.0321. The number of carbonyl (C=O) groups is 2. The van der Waals surface area contributed by atoms with Crippen molar-refractivity contribution in [1.82, 2.24) is 5.32 Å². The molecule has 0 aliphatic heterocycles. The number of hydrogen-bond donors (Lipinski definition) is 3. The molecule has 0 aromatic heterocycles. The lowest BCUT2D eigenvalue weighted by molar-refractivity contribution is -0.143. The van der Waals surface area contributed by atoms with Crippen molar-refractivity contribution in [2.45, 2.75) is 334 Å². The Hall–Kier alpha value is -1.66. The van der Waals surface area contributed by atoms with Crippen LogP contribution >= 0.6 is 0 Å². The van der Waals surface area contributed by atoms with Gasteiger partial charge in [-0.15, -0.1) is 0 Å². The second kappa shape index (κ2) is 55.9. The van der Waals surface area contributed by atoms with Gasteiger partial charge in [0.15, 0.2) is 0 Å². The summed E-state index contributed by atoms with van der Waals surface area (Å²) in [6.45, 7) is 4.93. The largest absolute Gasteiger partial charge is 0.466 e. The van der Waals surface area contributed by atoms with Crippen molar-refractivity contribution in [3.05, 3.63) is 24.3 Å². The number of aliphatic hydroxyl groups excluding tert-OH is 2. The summed E-state index contributed by atoms with van der Waals surface area (Å²) in [4.78, 5) is 24.5. The third kappa shape index (κ3) is 51.7. The lowest BCUT2D eigenvalue weighted by atomic mass is 10.0. The number of hydrogen-bond acceptors (Lipinski definition) is 5. The minimum Gasteiger partial charge on any atom is -0.466 e. The molecule has 0 aliphatic rings. The van der Waals surface area contributed by atoms with E-state index >= 15 is 0 Å². The maximum Gasteiger partial charge on any atom is 0.305 e. The Kier molecular flexibility index (Phi) is 54.5. The van der Waals surface area contributed by atoms with Gasteiger partial charge >= 0.3 is 5.97 Å². The van der Waals surface area contributed by atoms with Crippen LogP contribution in [0.25, 0.3) is 0 Å². The van der Waals surface area contributed by atoms with E-state index in [2.05, 4.69) is 43.5 Å². The summed E-state index contributed by atoms with van der Waals surface area (Å²) in [6.07, 6.45) is 67.5. The molecule has 0 aliphatic carbocycles. The van der Waals surface area contributed by atoms with Gasteiger partial charge in [-0.05, 0) is 57.8 Å². The molecule has 6 heteroatoms. The normalized spacial score (nSPS) is 12.7. The van der Waals surface area contributed by atoms with Crippen LogP contribution in [-0.2, 0) is 14.3 Å². The van der Waals surface area contributed by atoms with Gasteiger partial charge in [-0.25, -0.2) is 0 Å². The van der Waals surface area contributed by atoms with Gasteiger partial charge in [0.1, 0.15) is 0 Å². The van der Waals surface area contributed by atoms with Gasteiger partial charge in [0.25, 0.3) is 0 Å². The van der Waals surface area contributed by atoms with Crippen LogP contribution in [0.5, 0.6) is 0 Å². The van der Waals surface area contributed by atoms with E-state index in [4.69, 9.17) is 4.74 Å². The molecule has 6 nitrogen and oxygen atoms in total. The second-order valence-corrected chi connectivity index (χ2v) is 20.3. The zero-order chi connectivity index (χ0) is 47.9. The molecule has 0 aromatic rings. The predicted molar refractivity (Wildman–Crippen MR) is 287 cm³/mol. The fourth-order valence-electron chi connectivity index (χ4n) is 9.20. The fourth-order valence-corrected chi connectivity index (χ4v) is 9.20. The number of ether oxygens (including phenoxy) is 1. The lowest BCUT2D eigenvalue weighted by Crippen LogP contribution is -2.45. The average Bonchev–Trinajstić information content (AvgIpc) is 3.32. The van der Waals surface area contributed by atoms with E-state index < -0.39 is 12.1 Å². The number of unbranched alkanes of at least 4 members (excludes halogenated alkanes) is 40. The number of aliphatic hydroxyl groups is 2. The molecule has 0 aromatic carbocycles. The topological polar surface area (TPSA) is 95.9 Å². The van der Waals surface area contributed by atoms with Crippen molar-refractivity contribution in [3.63, 3.8) is 0 Å². The summed E-state index contributed by atoms with van der Waals surface area (Å²) in [7, 11) is 0. The summed E-state index contributed by atoms with van der Waals surface area (Å²) in [5.74, 6) is -0.0372. The number of esters is 1. The van der Waals surface area contributed by atoms with E-state index in [0.717, 1.165) is 51.4 Å². The van der Waals surface area contributed by atoms with Crippen molar-refractivity contribution in [2.24, 2.45) is 0 Å². The lowest BCUT2D eigenvalue weighted by Gasteiger charge is -2.22. The maximum absolute atomic E-state index is 12.4. The van der Waals surface area contributed by atoms with Crippen molar-refractivity contribution >= 4 is 11.9 Å². The monoisotopic (exact) mass is 930 g/mol. The highest BCUT2D eigenvalue weighted by Crippen LogP contribution is 2.17. The van der Waals surface area contributed by atoms with Gasteiger partial charge in [-0.3, -0.25) is 9.59 Å². The number of rotatable bonds is 55. The van der Waals surface area contributed by atoms with Gasteiger partial charge < -0.3 is 20.3 Å². The van der Waals surface area contributed by atoms with Crippen LogP contribution in [0.1, 0.15) is 322 Å². The molecule has 2 atom stereocenters. The van der Waals surface area contributed by atoms with Crippen LogP contribution < -0.4 is 5.32 Å². The molecule has 0 radical (unpaired) electrons. The zero-order valence-electron chi connectivity index (χ0n) is 44.4. The van der Waals surface area contributed by atoms with Crippen LogP contribution in [0, 0.1) is 0 Å². The summed E-state index contributed by atoms with van der Waals surface area (Å²) in [5.41, 5.74) is 0. The van der Waals surface area contributed by atoms with Crippen LogP contribution in [0.4, 0.5) is 0 Å². The Morgan fingerprint density at radius 2 is 0.758 bits per heavy atom. The van der Waals surface area contributed by atoms with Crippen LogP contribution in [0.3, 0.4) is 0 Å². The Labute approximate surface area is 411 Å². The van der Waals surface area contributed by atoms with Crippen molar-refractivity contribution in [1.29, 1.82) is 0 Å². The molecule has 66 heavy (non-hydrogen) atoms. The summed E-state index contributed by atoms with van der Waals surface area (Å²) in [6, 6.07) is -0.541. The molecule has 2 unspecified atom stereocenters. The van der Waals surface area contributed by atoms with E-state index in [1.165, 1.54) is 238 Å². The molecule has 0 saturated heterocycles. The van der Waals surface area contributed by atoms with E-state index in [1.54, 1.807) is 0 Å². The fraction of sp³-hybridized carbons (Fsp3) is 0.900. The number of carbonyl (C=O) groups excluding carboxylic acids is 2. The van der Waals surface area contributed by atoms with Gasteiger partial charge in [-0.2, -0.15) is 0 Å². The van der Waals surface area contributed by atoms with Crippen molar-refractivity contribution in [2.75, 3.05) is 13.2 Å². The Morgan fingerprint density at radius 1 is 0.424 bits per heavy atom. The van der Waals surface area contributed by atoms with Gasteiger partial charge in [0.2, 0.25) is 5.91 Å². The first-order chi connectivity index (χ1) is 32.5. The Morgan fingerprint density at radius 3 is 1.17 bits per heavy atom. The third-order valence-electron chi connectivity index (χ3n) is 13.8. The first-order valence-electron chi connectivity index (χ1n) is 29.6. The number of nitrogens with one attached hydrogen (secondary N) is 1. The summed E-state index contributed by atoms with van der Waals surface area (Å²) >= 11 is 0. The number of allylic oxidation sites excluding steroid dienone is 4. The van der Waals surface area contributed by atoms with E-state index in [0.29, 0.717) is 25.9 Å². The molecular formula is C60H115NO5.